The SMILES string of the molecule is CN(C)C.CN1CCCc2cc(Cl)ccc21.COc1ccccc1CNC(C=O)C(C)c1c[nH]c2ccccc12. The van der Waals surface area contributed by atoms with Crippen LogP contribution in [0.3, 0.4) is 0 Å². The van der Waals surface area contributed by atoms with Crippen molar-refractivity contribution in [1.29, 1.82) is 0 Å². The summed E-state index contributed by atoms with van der Waals surface area (Å²) in [6.07, 6.45) is 5.39. The molecule has 0 bridgehead atoms. The van der Waals surface area contributed by atoms with Gasteiger partial charge in [0.25, 0.3) is 0 Å². The van der Waals surface area contributed by atoms with Gasteiger partial charge in [-0.1, -0.05) is 54.9 Å². The average Bonchev–Trinajstić information content (AvgIpc) is 3.38. The molecule has 1 aromatic heterocycles. The standard InChI is InChI=1S/C20H22N2O2.C10H12ClN.C3H9N/c1-14(17-12-22-18-9-5-4-8-16(17)18)19(13-23)21-11-15-7-3-6-10-20(15)24-2;1-12-6-2-3-8-7-9(11)4-5-10(8)12;1-4(2)3/h3-10,12-14,19,21-22H,11H2,1-2H3;4-5,7H,2-3,6H2,1H3;1-3H3. The first-order chi connectivity index (χ1) is 19.2. The van der Waals surface area contributed by atoms with Gasteiger partial charge in [-0.2, -0.15) is 0 Å². The van der Waals surface area contributed by atoms with Gasteiger partial charge >= 0.3 is 0 Å². The highest BCUT2D eigenvalue weighted by Gasteiger charge is 2.21. The van der Waals surface area contributed by atoms with Crippen LogP contribution in [0.25, 0.3) is 10.9 Å². The van der Waals surface area contributed by atoms with Crippen LogP contribution >= 0.6 is 11.6 Å². The number of aryl methyl sites for hydroxylation is 1. The van der Waals surface area contributed by atoms with Gasteiger partial charge in [0.2, 0.25) is 0 Å². The molecule has 0 radical (unpaired) electrons. The van der Waals surface area contributed by atoms with Crippen LogP contribution in [0.4, 0.5) is 5.69 Å². The number of aromatic nitrogens is 1. The second-order valence-corrected chi connectivity index (χ2v) is 11.0. The number of carbonyl (C=O) groups is 1. The largest absolute Gasteiger partial charge is 0.496 e. The molecule has 0 fully saturated rings. The van der Waals surface area contributed by atoms with E-state index < -0.39 is 0 Å². The van der Waals surface area contributed by atoms with E-state index in [4.69, 9.17) is 16.3 Å². The molecule has 6 nitrogen and oxygen atoms in total. The van der Waals surface area contributed by atoms with Gasteiger partial charge in [-0.05, 0) is 75.4 Å². The fraction of sp³-hybridized carbons (Fsp3) is 0.364. The Bertz CT molecular complexity index is 1350. The molecular weight excluding hydrogens is 520 g/mol. The summed E-state index contributed by atoms with van der Waals surface area (Å²) in [6.45, 7) is 3.82. The summed E-state index contributed by atoms with van der Waals surface area (Å²) in [5.74, 6) is 0.891. The molecule has 40 heavy (non-hydrogen) atoms. The predicted octanol–water partition coefficient (Wildman–Crippen LogP) is 6.54. The Kier molecular flexibility index (Phi) is 12.1. The van der Waals surface area contributed by atoms with Crippen molar-refractivity contribution in [3.05, 3.63) is 94.6 Å². The number of methoxy groups -OCH3 is 1. The van der Waals surface area contributed by atoms with Gasteiger partial charge in [-0.15, -0.1) is 0 Å². The first-order valence-corrected chi connectivity index (χ1v) is 14.1. The Balaban J connectivity index is 0.000000228. The fourth-order valence-corrected chi connectivity index (χ4v) is 5.03. The second kappa shape index (κ2) is 15.5. The molecule has 0 saturated heterocycles. The van der Waals surface area contributed by atoms with Crippen LogP contribution in [-0.4, -0.2) is 64.1 Å². The van der Waals surface area contributed by atoms with E-state index in [-0.39, 0.29) is 12.0 Å². The van der Waals surface area contributed by atoms with Crippen LogP contribution in [0.15, 0.2) is 72.9 Å². The molecule has 3 aromatic carbocycles. The lowest BCUT2D eigenvalue weighted by Crippen LogP contribution is -2.34. The van der Waals surface area contributed by atoms with Crippen molar-refractivity contribution in [2.45, 2.75) is 38.3 Å². The van der Waals surface area contributed by atoms with E-state index in [1.165, 1.54) is 24.1 Å². The first-order valence-electron chi connectivity index (χ1n) is 13.7. The van der Waals surface area contributed by atoms with Crippen LogP contribution in [0.1, 0.15) is 36.0 Å². The Labute approximate surface area is 244 Å². The molecular formula is C33H43ClN4O2. The minimum absolute atomic E-state index is 0.0633. The van der Waals surface area contributed by atoms with Crippen molar-refractivity contribution < 1.29 is 9.53 Å². The number of carbonyl (C=O) groups excluding carboxylic acids is 1. The van der Waals surface area contributed by atoms with E-state index in [9.17, 15) is 4.79 Å². The van der Waals surface area contributed by atoms with Crippen LogP contribution in [0, 0.1) is 0 Å². The number of ether oxygens (including phenoxy) is 1. The van der Waals surface area contributed by atoms with Gasteiger partial charge in [0.05, 0.1) is 13.2 Å². The van der Waals surface area contributed by atoms with Gasteiger partial charge in [-0.3, -0.25) is 0 Å². The number of anilines is 1. The van der Waals surface area contributed by atoms with Crippen LogP contribution in [0.2, 0.25) is 5.02 Å². The van der Waals surface area contributed by atoms with Crippen molar-refractivity contribution in [2.75, 3.05) is 46.7 Å². The summed E-state index contributed by atoms with van der Waals surface area (Å²) in [5, 5.41) is 5.37. The summed E-state index contributed by atoms with van der Waals surface area (Å²) in [4.78, 5) is 19.2. The molecule has 1 aliphatic rings. The molecule has 0 saturated carbocycles. The molecule has 7 heteroatoms. The second-order valence-electron chi connectivity index (χ2n) is 10.6. The van der Waals surface area contributed by atoms with Gasteiger partial charge < -0.3 is 29.6 Å². The van der Waals surface area contributed by atoms with E-state index >= 15 is 0 Å². The number of hydrogen-bond acceptors (Lipinski definition) is 5. The number of para-hydroxylation sites is 2. The van der Waals surface area contributed by atoms with Crippen molar-refractivity contribution in [3.63, 3.8) is 0 Å². The highest BCUT2D eigenvalue weighted by molar-refractivity contribution is 6.30. The molecule has 5 rings (SSSR count). The third-order valence-electron chi connectivity index (χ3n) is 6.91. The number of nitrogens with zero attached hydrogens (tertiary/aromatic N) is 2. The van der Waals surface area contributed by atoms with Crippen LogP contribution in [-0.2, 0) is 17.8 Å². The van der Waals surface area contributed by atoms with E-state index in [0.717, 1.165) is 45.6 Å². The summed E-state index contributed by atoms with van der Waals surface area (Å²) in [5.41, 5.74) is 6.00. The number of aldehydes is 1. The number of aromatic amines is 1. The molecule has 4 aromatic rings. The fourth-order valence-electron chi connectivity index (χ4n) is 4.84. The number of benzene rings is 3. The van der Waals surface area contributed by atoms with Crippen molar-refractivity contribution in [3.8, 4) is 5.75 Å². The number of rotatable bonds is 7. The predicted molar refractivity (Wildman–Crippen MR) is 169 cm³/mol. The zero-order valence-electron chi connectivity index (χ0n) is 24.6. The Hall–Kier alpha value is -3.32. The summed E-state index contributed by atoms with van der Waals surface area (Å²) < 4.78 is 5.37. The lowest BCUT2D eigenvalue weighted by Gasteiger charge is -2.27. The molecule has 1 aliphatic heterocycles. The number of nitrogens with one attached hydrogen (secondary N) is 2. The van der Waals surface area contributed by atoms with Gasteiger partial charge in [0.1, 0.15) is 12.0 Å². The van der Waals surface area contributed by atoms with Crippen molar-refractivity contribution >= 4 is 34.5 Å². The monoisotopic (exact) mass is 562 g/mol. The molecule has 0 spiro atoms. The van der Waals surface area contributed by atoms with E-state index in [0.29, 0.717) is 6.54 Å². The number of fused-ring (bicyclic) bond motifs is 2. The highest BCUT2D eigenvalue weighted by atomic mass is 35.5. The number of hydrogen-bond donors (Lipinski definition) is 2. The molecule has 0 aliphatic carbocycles. The summed E-state index contributed by atoms with van der Waals surface area (Å²) >= 11 is 5.91. The van der Waals surface area contributed by atoms with Gasteiger partial charge in [0.15, 0.2) is 0 Å². The number of halogens is 1. The Morgan fingerprint density at radius 3 is 2.52 bits per heavy atom. The minimum atomic E-state index is -0.269. The van der Waals surface area contributed by atoms with Gasteiger partial charge in [0, 0.05) is 59.4 Å². The minimum Gasteiger partial charge on any atom is -0.496 e. The molecule has 2 atom stereocenters. The topological polar surface area (TPSA) is 60.6 Å². The third-order valence-corrected chi connectivity index (χ3v) is 7.15. The summed E-state index contributed by atoms with van der Waals surface area (Å²) in [7, 11) is 9.79. The van der Waals surface area contributed by atoms with Crippen molar-refractivity contribution in [2.24, 2.45) is 0 Å². The van der Waals surface area contributed by atoms with E-state index in [2.05, 4.69) is 47.4 Å². The van der Waals surface area contributed by atoms with Crippen LogP contribution < -0.4 is 15.0 Å². The molecule has 0 amide bonds. The number of H-pyrrole nitrogens is 1. The molecule has 2 N–H and O–H groups in total. The third kappa shape index (κ3) is 8.59. The Morgan fingerprint density at radius 2 is 1.80 bits per heavy atom. The van der Waals surface area contributed by atoms with E-state index in [1.54, 1.807) is 7.11 Å². The zero-order chi connectivity index (χ0) is 29.1. The quantitative estimate of drug-likeness (QED) is 0.251. The average molecular weight is 563 g/mol. The normalized spacial score (nSPS) is 13.8. The zero-order valence-corrected chi connectivity index (χ0v) is 25.3. The van der Waals surface area contributed by atoms with Crippen molar-refractivity contribution in [1.82, 2.24) is 15.2 Å². The van der Waals surface area contributed by atoms with Gasteiger partial charge in [-0.25, -0.2) is 0 Å². The molecule has 2 heterocycles. The molecule has 2 unspecified atom stereocenters. The van der Waals surface area contributed by atoms with E-state index in [1.807, 2.05) is 80.8 Å². The first kappa shape index (κ1) is 31.2. The maximum atomic E-state index is 11.6. The lowest BCUT2D eigenvalue weighted by molar-refractivity contribution is -0.110. The maximum absolute atomic E-state index is 11.6. The highest BCUT2D eigenvalue weighted by Crippen LogP contribution is 2.29. The van der Waals surface area contributed by atoms with Crippen LogP contribution in [0.5, 0.6) is 5.75 Å². The molecule has 214 valence electrons. The maximum Gasteiger partial charge on any atom is 0.137 e. The lowest BCUT2D eigenvalue weighted by atomic mass is 9.93. The Morgan fingerprint density at radius 1 is 1.10 bits per heavy atom. The smallest absolute Gasteiger partial charge is 0.137 e. The summed E-state index contributed by atoms with van der Waals surface area (Å²) in [6, 6.07) is 21.9.